The summed E-state index contributed by atoms with van der Waals surface area (Å²) in [5, 5.41) is 57.5. The Morgan fingerprint density at radius 3 is 2.38 bits per heavy atom. The third-order valence-electron chi connectivity index (χ3n) is 5.75. The molecule has 3 rings (SSSR count). The summed E-state index contributed by atoms with van der Waals surface area (Å²) in [7, 11) is 0. The van der Waals surface area contributed by atoms with E-state index in [4.69, 9.17) is 19.3 Å². The zero-order valence-corrected chi connectivity index (χ0v) is 13.3. The lowest BCUT2D eigenvalue weighted by Crippen LogP contribution is -2.59. The Kier molecular flexibility index (Phi) is 5.18. The third-order valence-corrected chi connectivity index (χ3v) is 5.75. The first kappa shape index (κ1) is 18.4. The summed E-state index contributed by atoms with van der Waals surface area (Å²) < 4.78 is 16.5. The molecule has 1 saturated carbocycles. The van der Waals surface area contributed by atoms with Crippen LogP contribution in [0.15, 0.2) is 0 Å². The second-order valence-corrected chi connectivity index (χ2v) is 6.88. The minimum absolute atomic E-state index is 0.0458. The van der Waals surface area contributed by atoms with Crippen LogP contribution in [0.3, 0.4) is 0 Å². The van der Waals surface area contributed by atoms with Gasteiger partial charge in [-0.05, 0) is 12.8 Å². The maximum Gasteiger partial charge on any atom is 0.186 e. The molecule has 0 spiro atoms. The largest absolute Gasteiger partial charge is 0.396 e. The Bertz CT molecular complexity index is 447. The van der Waals surface area contributed by atoms with Gasteiger partial charge in [-0.2, -0.15) is 0 Å². The maximum absolute atomic E-state index is 9.92. The zero-order chi connectivity index (χ0) is 17.5. The van der Waals surface area contributed by atoms with Gasteiger partial charge in [0.2, 0.25) is 0 Å². The Balaban J connectivity index is 1.54. The molecule has 0 amide bonds. The number of fused-ring (bicyclic) bond motifs is 1. The zero-order valence-electron chi connectivity index (χ0n) is 13.3. The smallest absolute Gasteiger partial charge is 0.186 e. The van der Waals surface area contributed by atoms with Crippen molar-refractivity contribution >= 4 is 0 Å². The summed E-state index contributed by atoms with van der Waals surface area (Å²) in [4.78, 5) is 0. The SMILES string of the molecule is OC[C@H]1CC[C@@]2(CCO[C@@H]3O[C@H](CO)[C@@H](O)[C@@H](O)[C@H]3O)O[C@@]12CO. The van der Waals surface area contributed by atoms with Crippen LogP contribution in [-0.4, -0.2) is 99.0 Å². The first-order chi connectivity index (χ1) is 11.4. The van der Waals surface area contributed by atoms with Gasteiger partial charge in [0.1, 0.15) is 35.6 Å². The molecule has 8 atom stereocenters. The number of hydrogen-bond acceptors (Lipinski definition) is 9. The number of hydrogen-bond donors (Lipinski definition) is 6. The van der Waals surface area contributed by atoms with E-state index in [0.29, 0.717) is 12.8 Å². The molecule has 1 aliphatic carbocycles. The van der Waals surface area contributed by atoms with Crippen molar-refractivity contribution in [3.8, 4) is 0 Å². The first-order valence-corrected chi connectivity index (χ1v) is 8.28. The molecule has 0 aromatic heterocycles. The molecule has 3 fully saturated rings. The quantitative estimate of drug-likeness (QED) is 0.265. The third kappa shape index (κ3) is 2.68. The predicted molar refractivity (Wildman–Crippen MR) is 77.8 cm³/mol. The van der Waals surface area contributed by atoms with Crippen LogP contribution in [0.2, 0.25) is 0 Å². The van der Waals surface area contributed by atoms with E-state index in [-0.39, 0.29) is 25.7 Å². The predicted octanol–water partition coefficient (Wildman–Crippen LogP) is -2.90. The van der Waals surface area contributed by atoms with Crippen molar-refractivity contribution in [2.75, 3.05) is 26.4 Å². The van der Waals surface area contributed by atoms with E-state index in [1.807, 2.05) is 0 Å². The van der Waals surface area contributed by atoms with Crippen molar-refractivity contribution in [3.05, 3.63) is 0 Å². The molecule has 0 radical (unpaired) electrons. The van der Waals surface area contributed by atoms with Crippen molar-refractivity contribution in [1.82, 2.24) is 0 Å². The summed E-state index contributed by atoms with van der Waals surface area (Å²) in [6.07, 6.45) is -4.60. The van der Waals surface area contributed by atoms with Gasteiger partial charge in [-0.25, -0.2) is 0 Å². The standard InChI is InChI=1S/C15H26O9/c16-5-8-1-2-14(15(8,7-18)24-14)3-4-22-13-12(21)11(20)10(19)9(6-17)23-13/h8-13,16-21H,1-7H2/t8-,9-,10-,11-,12-,13-,14+,15+/m1/s1. The van der Waals surface area contributed by atoms with E-state index in [9.17, 15) is 25.5 Å². The molecule has 0 aromatic carbocycles. The van der Waals surface area contributed by atoms with Crippen molar-refractivity contribution in [2.45, 2.75) is 61.2 Å². The van der Waals surface area contributed by atoms with Crippen LogP contribution in [0, 0.1) is 5.92 Å². The fourth-order valence-electron chi connectivity index (χ4n) is 4.16. The number of aliphatic hydroxyl groups is 6. The highest BCUT2D eigenvalue weighted by Gasteiger charge is 2.75. The molecule has 2 aliphatic heterocycles. The summed E-state index contributed by atoms with van der Waals surface area (Å²) >= 11 is 0. The second-order valence-electron chi connectivity index (χ2n) is 6.88. The average molecular weight is 350 g/mol. The van der Waals surface area contributed by atoms with Crippen LogP contribution in [0.1, 0.15) is 19.3 Å². The number of ether oxygens (including phenoxy) is 3. The molecule has 9 heteroatoms. The van der Waals surface area contributed by atoms with E-state index < -0.39 is 48.5 Å². The van der Waals surface area contributed by atoms with Gasteiger partial charge in [-0.3, -0.25) is 0 Å². The Morgan fingerprint density at radius 2 is 1.75 bits per heavy atom. The maximum atomic E-state index is 9.92. The van der Waals surface area contributed by atoms with Gasteiger partial charge in [0.25, 0.3) is 0 Å². The molecular formula is C15H26O9. The molecule has 2 heterocycles. The fraction of sp³-hybridized carbons (Fsp3) is 1.00. The van der Waals surface area contributed by atoms with Gasteiger partial charge < -0.3 is 44.8 Å². The van der Waals surface area contributed by atoms with E-state index in [2.05, 4.69) is 0 Å². The van der Waals surface area contributed by atoms with E-state index in [1.165, 1.54) is 0 Å². The van der Waals surface area contributed by atoms with Gasteiger partial charge in [0.15, 0.2) is 6.29 Å². The summed E-state index contributed by atoms with van der Waals surface area (Å²) in [6, 6.07) is 0. The minimum atomic E-state index is -1.47. The summed E-state index contributed by atoms with van der Waals surface area (Å²) in [5.74, 6) is -0.102. The normalized spacial score (nSPS) is 50.8. The van der Waals surface area contributed by atoms with Gasteiger partial charge >= 0.3 is 0 Å². The number of rotatable bonds is 7. The molecule has 140 valence electrons. The molecule has 2 saturated heterocycles. The van der Waals surface area contributed by atoms with Crippen molar-refractivity contribution < 1.29 is 44.8 Å². The lowest BCUT2D eigenvalue weighted by atomic mass is 9.88. The summed E-state index contributed by atoms with van der Waals surface area (Å²) in [5.41, 5.74) is -1.26. The van der Waals surface area contributed by atoms with E-state index in [0.717, 1.165) is 6.42 Å². The lowest BCUT2D eigenvalue weighted by molar-refractivity contribution is -0.301. The Labute approximate surface area is 139 Å². The van der Waals surface area contributed by atoms with Crippen LogP contribution in [0.5, 0.6) is 0 Å². The highest BCUT2D eigenvalue weighted by atomic mass is 16.7. The van der Waals surface area contributed by atoms with Crippen LogP contribution >= 0.6 is 0 Å². The first-order valence-electron chi connectivity index (χ1n) is 8.28. The molecule has 0 unspecified atom stereocenters. The van der Waals surface area contributed by atoms with Gasteiger partial charge in [0, 0.05) is 18.9 Å². The average Bonchev–Trinajstić information content (AvgIpc) is 3.14. The second kappa shape index (κ2) is 6.75. The fourth-order valence-corrected chi connectivity index (χ4v) is 4.16. The van der Waals surface area contributed by atoms with E-state index in [1.54, 1.807) is 0 Å². The minimum Gasteiger partial charge on any atom is -0.396 e. The Hall–Kier alpha value is -0.360. The van der Waals surface area contributed by atoms with Crippen molar-refractivity contribution in [1.29, 1.82) is 0 Å². The topological polar surface area (TPSA) is 152 Å². The van der Waals surface area contributed by atoms with Crippen LogP contribution in [0.4, 0.5) is 0 Å². The lowest BCUT2D eigenvalue weighted by Gasteiger charge is -2.39. The number of epoxide rings is 1. The highest BCUT2D eigenvalue weighted by Crippen LogP contribution is 2.63. The molecule has 6 N–H and O–H groups in total. The van der Waals surface area contributed by atoms with Crippen molar-refractivity contribution in [3.63, 3.8) is 0 Å². The van der Waals surface area contributed by atoms with E-state index >= 15 is 0 Å². The Morgan fingerprint density at radius 1 is 1.00 bits per heavy atom. The number of aliphatic hydroxyl groups excluding tert-OH is 6. The summed E-state index contributed by atoms with van der Waals surface area (Å²) in [6.45, 7) is -0.583. The van der Waals surface area contributed by atoms with Crippen molar-refractivity contribution in [2.24, 2.45) is 5.92 Å². The monoisotopic (exact) mass is 350 g/mol. The van der Waals surface area contributed by atoms with Crippen LogP contribution < -0.4 is 0 Å². The molecule has 3 aliphatic rings. The van der Waals surface area contributed by atoms with Crippen LogP contribution in [0.25, 0.3) is 0 Å². The van der Waals surface area contributed by atoms with Crippen LogP contribution in [-0.2, 0) is 14.2 Å². The van der Waals surface area contributed by atoms with Gasteiger partial charge in [-0.1, -0.05) is 0 Å². The molecular weight excluding hydrogens is 324 g/mol. The van der Waals surface area contributed by atoms with Gasteiger partial charge in [-0.15, -0.1) is 0 Å². The molecule has 0 aromatic rings. The molecule has 9 nitrogen and oxygen atoms in total. The molecule has 0 bridgehead atoms. The molecule has 24 heavy (non-hydrogen) atoms. The van der Waals surface area contributed by atoms with Gasteiger partial charge in [0.05, 0.1) is 19.8 Å². The highest BCUT2D eigenvalue weighted by molar-refractivity contribution is 5.23.